The fourth-order valence-electron chi connectivity index (χ4n) is 1.44. The Morgan fingerprint density at radius 1 is 1.36 bits per heavy atom. The van der Waals surface area contributed by atoms with Gasteiger partial charge in [0.15, 0.2) is 0 Å². The van der Waals surface area contributed by atoms with Crippen LogP contribution in [-0.2, 0) is 0 Å². The molecule has 0 spiro atoms. The molecule has 0 aromatic heterocycles. The van der Waals surface area contributed by atoms with Crippen molar-refractivity contribution in [3.8, 4) is 0 Å². The van der Waals surface area contributed by atoms with Gasteiger partial charge >= 0.3 is 18.9 Å². The van der Waals surface area contributed by atoms with Gasteiger partial charge in [-0.1, -0.05) is 44.6 Å². The van der Waals surface area contributed by atoms with Crippen LogP contribution in [0.2, 0.25) is 0 Å². The van der Waals surface area contributed by atoms with Crippen molar-refractivity contribution in [1.82, 2.24) is 0 Å². The largest absolute Gasteiger partial charge is 1.00 e. The number of hydrogen-bond acceptors (Lipinski definition) is 0. The molecular weight excluding hydrogens is 127 g/mol. The zero-order valence-corrected chi connectivity index (χ0v) is 8.33. The van der Waals surface area contributed by atoms with Gasteiger partial charge in [0.1, 0.15) is 0 Å². The first kappa shape index (κ1) is 11.3. The Morgan fingerprint density at radius 3 is 1.82 bits per heavy atom. The predicted molar refractivity (Wildman–Crippen MR) is 45.6 cm³/mol. The van der Waals surface area contributed by atoms with Gasteiger partial charge in [0.05, 0.1) is 0 Å². The molecule has 0 aromatic rings. The Kier molecular flexibility index (Phi) is 3.09. The van der Waals surface area contributed by atoms with E-state index in [1.807, 2.05) is 0 Å². The molecule has 11 heavy (non-hydrogen) atoms. The maximum absolute atomic E-state index is 4.24. The van der Waals surface area contributed by atoms with Crippen LogP contribution >= 0.6 is 0 Å². The first-order valence-corrected chi connectivity index (χ1v) is 3.87. The molecule has 0 aliphatic heterocycles. The van der Waals surface area contributed by atoms with Crippen LogP contribution < -0.4 is 18.9 Å². The second kappa shape index (κ2) is 3.00. The molecule has 0 aromatic carbocycles. The van der Waals surface area contributed by atoms with Gasteiger partial charge in [0, 0.05) is 0 Å². The molecule has 1 heteroatoms. The molecule has 0 amide bonds. The SMILES string of the molecule is C=C1CC([CH2-])(C(C)(C)C)C1.[Li+]. The van der Waals surface area contributed by atoms with E-state index in [1.54, 1.807) is 0 Å². The normalized spacial score (nSPS) is 22.0. The first-order valence-electron chi connectivity index (χ1n) is 3.87. The predicted octanol–water partition coefficient (Wildman–Crippen LogP) is 0.207. The first-order chi connectivity index (χ1) is 4.35. The topological polar surface area (TPSA) is 0 Å². The molecule has 0 N–H and O–H groups in total. The molecule has 0 bridgehead atoms. The molecule has 58 valence electrons. The summed E-state index contributed by atoms with van der Waals surface area (Å²) in [5.41, 5.74) is 1.99. The summed E-state index contributed by atoms with van der Waals surface area (Å²) in [7, 11) is 0. The van der Waals surface area contributed by atoms with E-state index >= 15 is 0 Å². The Hall–Kier alpha value is 0.337. The van der Waals surface area contributed by atoms with Gasteiger partial charge < -0.3 is 6.92 Å². The van der Waals surface area contributed by atoms with Crippen LogP contribution in [-0.4, -0.2) is 0 Å². The van der Waals surface area contributed by atoms with Crippen LogP contribution in [0.5, 0.6) is 0 Å². The van der Waals surface area contributed by atoms with Crippen molar-refractivity contribution >= 4 is 0 Å². The Labute approximate surface area is 82.6 Å². The Morgan fingerprint density at radius 2 is 1.73 bits per heavy atom. The van der Waals surface area contributed by atoms with E-state index in [0.29, 0.717) is 5.41 Å². The van der Waals surface area contributed by atoms with Gasteiger partial charge in [-0.15, -0.1) is 12.0 Å². The molecule has 0 nitrogen and oxygen atoms in total. The van der Waals surface area contributed by atoms with Crippen LogP contribution in [0, 0.1) is 17.8 Å². The van der Waals surface area contributed by atoms with Gasteiger partial charge in [-0.25, -0.2) is 0 Å². The van der Waals surface area contributed by atoms with Crippen LogP contribution in [0.4, 0.5) is 0 Å². The molecule has 1 aliphatic carbocycles. The summed E-state index contributed by atoms with van der Waals surface area (Å²) in [6.45, 7) is 14.9. The third-order valence-corrected chi connectivity index (χ3v) is 2.77. The summed E-state index contributed by atoms with van der Waals surface area (Å²) in [6, 6.07) is 0. The van der Waals surface area contributed by atoms with Crippen molar-refractivity contribution < 1.29 is 18.9 Å². The second-order valence-electron chi connectivity index (χ2n) is 4.63. The van der Waals surface area contributed by atoms with Crippen molar-refractivity contribution in [2.24, 2.45) is 10.8 Å². The number of rotatable bonds is 0. The molecule has 1 fully saturated rings. The summed E-state index contributed by atoms with van der Waals surface area (Å²) < 4.78 is 0. The Balaban J connectivity index is 0.000001000. The summed E-state index contributed by atoms with van der Waals surface area (Å²) in [5.74, 6) is 0. The van der Waals surface area contributed by atoms with E-state index < -0.39 is 0 Å². The summed E-state index contributed by atoms with van der Waals surface area (Å²) in [6.07, 6.45) is 2.24. The second-order valence-corrected chi connectivity index (χ2v) is 4.63. The minimum absolute atomic E-state index is 0. The minimum Gasteiger partial charge on any atom is -0.336 e. The van der Waals surface area contributed by atoms with E-state index in [-0.39, 0.29) is 24.3 Å². The standard InChI is InChI=1S/C10H17.Li/c1-8-6-10(5,7-8)9(2,3)4;/h1,5-7H2,2-4H3;/q-1;+1. The van der Waals surface area contributed by atoms with Crippen LogP contribution in [0.1, 0.15) is 33.6 Å². The maximum atomic E-state index is 4.24. The van der Waals surface area contributed by atoms with Crippen molar-refractivity contribution in [3.05, 3.63) is 19.1 Å². The van der Waals surface area contributed by atoms with E-state index in [9.17, 15) is 0 Å². The summed E-state index contributed by atoms with van der Waals surface area (Å²) in [5, 5.41) is 0. The molecule has 0 saturated heterocycles. The third kappa shape index (κ3) is 1.92. The van der Waals surface area contributed by atoms with Gasteiger partial charge in [0.2, 0.25) is 0 Å². The van der Waals surface area contributed by atoms with Crippen LogP contribution in [0.25, 0.3) is 0 Å². The monoisotopic (exact) mass is 144 g/mol. The summed E-state index contributed by atoms with van der Waals surface area (Å²) in [4.78, 5) is 0. The zero-order chi connectivity index (χ0) is 7.99. The molecule has 0 unspecified atom stereocenters. The molecule has 0 heterocycles. The molecule has 0 atom stereocenters. The van der Waals surface area contributed by atoms with Crippen LogP contribution in [0.3, 0.4) is 0 Å². The average Bonchev–Trinajstić information content (AvgIpc) is 1.58. The average molecular weight is 144 g/mol. The molecule has 0 radical (unpaired) electrons. The minimum atomic E-state index is 0. The van der Waals surface area contributed by atoms with Crippen molar-refractivity contribution in [2.45, 2.75) is 33.6 Å². The van der Waals surface area contributed by atoms with Gasteiger partial charge in [-0.2, -0.15) is 0 Å². The van der Waals surface area contributed by atoms with Crippen molar-refractivity contribution in [1.29, 1.82) is 0 Å². The van der Waals surface area contributed by atoms with E-state index in [2.05, 4.69) is 34.3 Å². The van der Waals surface area contributed by atoms with Crippen molar-refractivity contribution in [2.75, 3.05) is 0 Å². The maximum Gasteiger partial charge on any atom is 1.00 e. The smallest absolute Gasteiger partial charge is 0.336 e. The molecular formula is C10H17Li. The zero-order valence-electron chi connectivity index (χ0n) is 8.33. The summed E-state index contributed by atoms with van der Waals surface area (Å²) >= 11 is 0. The van der Waals surface area contributed by atoms with E-state index in [0.717, 1.165) is 12.8 Å². The van der Waals surface area contributed by atoms with E-state index in [4.69, 9.17) is 0 Å². The Bertz CT molecular complexity index is 154. The number of allylic oxidation sites excluding steroid dienone is 1. The van der Waals surface area contributed by atoms with Crippen molar-refractivity contribution in [3.63, 3.8) is 0 Å². The molecule has 1 rings (SSSR count). The van der Waals surface area contributed by atoms with E-state index in [1.165, 1.54) is 5.57 Å². The van der Waals surface area contributed by atoms with Gasteiger partial charge in [0.25, 0.3) is 0 Å². The van der Waals surface area contributed by atoms with Crippen LogP contribution in [0.15, 0.2) is 12.2 Å². The van der Waals surface area contributed by atoms with Gasteiger partial charge in [-0.3, -0.25) is 0 Å². The molecule has 1 aliphatic rings. The third-order valence-electron chi connectivity index (χ3n) is 2.77. The van der Waals surface area contributed by atoms with Gasteiger partial charge in [-0.05, 0) is 0 Å². The quantitative estimate of drug-likeness (QED) is 0.259. The fraction of sp³-hybridized carbons (Fsp3) is 0.700. The molecule has 1 saturated carbocycles. The fourth-order valence-corrected chi connectivity index (χ4v) is 1.44. The number of hydrogen-bond donors (Lipinski definition) is 0.